The second-order valence-electron chi connectivity index (χ2n) is 24.9. The Labute approximate surface area is 535 Å². The van der Waals surface area contributed by atoms with Crippen molar-refractivity contribution >= 4 is 35.0 Å². The van der Waals surface area contributed by atoms with Crippen LogP contribution in [0.3, 0.4) is 0 Å². The molecule has 4 rings (SSSR count). The number of nitrogens with zero attached hydrogens (tertiary/aromatic N) is 2. The molecule has 13 N–H and O–H groups in total. The second kappa shape index (κ2) is 39.8. The molecule has 2 unspecified atom stereocenters. The van der Waals surface area contributed by atoms with Gasteiger partial charge in [-0.15, -0.1) is 0 Å². The highest BCUT2D eigenvalue weighted by Crippen LogP contribution is 2.38. The molecule has 0 aromatic heterocycles. The van der Waals surface area contributed by atoms with E-state index < -0.39 is 178 Å². The first-order valence-corrected chi connectivity index (χ1v) is 31.5. The van der Waals surface area contributed by atoms with Gasteiger partial charge in [-0.1, -0.05) is 98.9 Å². The maximum absolute atomic E-state index is 14.0. The van der Waals surface area contributed by atoms with Gasteiger partial charge in [-0.25, -0.2) is 0 Å². The van der Waals surface area contributed by atoms with Crippen LogP contribution in [-0.2, 0) is 38.1 Å². The van der Waals surface area contributed by atoms with Gasteiger partial charge in [-0.05, 0) is 97.4 Å². The molecule has 0 aliphatic carbocycles. The first-order chi connectivity index (χ1) is 43.1. The van der Waals surface area contributed by atoms with Gasteiger partial charge in [0.2, 0.25) is 11.8 Å². The maximum atomic E-state index is 14.0. The standard InChI is InChI=1S/C67H103N5O19/c1-42-21-19-17-15-13-11-9-10-12-14-16-18-20-22-54(89-66-63(85)61(62(84)44(3)88-66)70-58(82)41-72(7)8)38-57-60(65(86)69-29-30-71(5)6)56(81)40-67(87,91-57)39-53(79)35-51(77)33-49(75)31-48(74)32-50(76)34-52(78)37-59(83)90-64(42)43(2)23-28-47(73)36-55(80)45-24-26-46(68-4)27-25-45/h9-22,24-27,42-44,47-49,51-54,56-57,60-64,66,68,73-75,77-79,81,84-85,87H,23,28-41H2,1-8H3,(H,69,86)(H,70,82)/b10-9-,13-11-,14-12+,17-15+,18-16+,21-19+,22-20+/t42-,43-,44+,47?,48+,49-,51-,52+,53-,54-,56-,57?,60+,61-,62+,63-,64-,66-,67+/m0/s1. The Kier molecular flexibility index (Phi) is 34.0. The Balaban J connectivity index is 1.62. The Morgan fingerprint density at radius 3 is 1.87 bits per heavy atom. The Morgan fingerprint density at radius 2 is 1.27 bits per heavy atom. The van der Waals surface area contributed by atoms with Crippen molar-refractivity contribution in [3.63, 3.8) is 0 Å². The molecule has 0 saturated carbocycles. The minimum atomic E-state index is -2.32. The molecule has 19 atom stereocenters. The summed E-state index contributed by atoms with van der Waals surface area (Å²) >= 11 is 0. The topological polar surface area (TPSA) is 367 Å². The number of Topliss-reactive ketones (excluding diaryl/α,β-unsaturated/α-hetero) is 2. The summed E-state index contributed by atoms with van der Waals surface area (Å²) in [7, 11) is 8.75. The van der Waals surface area contributed by atoms with E-state index in [4.69, 9.17) is 18.9 Å². The van der Waals surface area contributed by atoms with Crippen molar-refractivity contribution < 1.29 is 94.0 Å². The number of carbonyl (C=O) groups is 5. The maximum Gasteiger partial charge on any atom is 0.308 e. The van der Waals surface area contributed by atoms with Crippen LogP contribution in [0.1, 0.15) is 108 Å². The first kappa shape index (κ1) is 77.8. The molecular weight excluding hydrogens is 1180 g/mol. The molecule has 3 aliphatic heterocycles. The highest BCUT2D eigenvalue weighted by molar-refractivity contribution is 5.96. The molecule has 1 aromatic rings. The predicted molar refractivity (Wildman–Crippen MR) is 342 cm³/mol. The number of esters is 1. The van der Waals surface area contributed by atoms with E-state index in [9.17, 15) is 75.0 Å². The summed E-state index contributed by atoms with van der Waals surface area (Å²) in [6, 6.07) is 5.68. The molecule has 0 spiro atoms. The SMILES string of the molecule is CNc1ccc(C(=O)CC(O)CC[C@H](C)[C@H]2OC(=O)C[C@H](O)CC(=O)C[C@H](O)C[C@H](O)C[C@H](O)C[C@H](O)C[C@]3(O)C[C@H](O)[C@@H](C(=O)NCCN(C)C)C(C[C@@H](O[C@@H]4O[C@H](C)[C@@H](O)[C@H](NC(=O)CN(C)C)[C@@H]4O)/C=C/C=C/C=C/C=C\C=C/C=C/C=C/[C@@H]2C)O3)cc1. The van der Waals surface area contributed by atoms with E-state index >= 15 is 0 Å². The summed E-state index contributed by atoms with van der Waals surface area (Å²) in [5, 5.41) is 121. The molecule has 2 saturated heterocycles. The van der Waals surface area contributed by atoms with Gasteiger partial charge in [-0.2, -0.15) is 0 Å². The van der Waals surface area contributed by atoms with Crippen LogP contribution in [0, 0.1) is 17.8 Å². The van der Waals surface area contributed by atoms with Gasteiger partial charge in [-0.3, -0.25) is 24.0 Å². The third-order valence-corrected chi connectivity index (χ3v) is 16.0. The van der Waals surface area contributed by atoms with E-state index in [2.05, 4.69) is 16.0 Å². The number of aliphatic hydroxyl groups excluding tert-OH is 9. The summed E-state index contributed by atoms with van der Waals surface area (Å²) in [5.74, 6) is -7.10. The fourth-order valence-electron chi connectivity index (χ4n) is 11.3. The van der Waals surface area contributed by atoms with Crippen LogP contribution >= 0.6 is 0 Å². The molecule has 1 aromatic carbocycles. The number of ether oxygens (including phenoxy) is 4. The predicted octanol–water partition coefficient (Wildman–Crippen LogP) is 2.06. The summed E-state index contributed by atoms with van der Waals surface area (Å²) < 4.78 is 24.6. The molecule has 510 valence electrons. The first-order valence-electron chi connectivity index (χ1n) is 31.5. The lowest BCUT2D eigenvalue weighted by molar-refractivity contribution is -0.307. The van der Waals surface area contributed by atoms with Crippen LogP contribution in [-0.4, -0.2) is 243 Å². The van der Waals surface area contributed by atoms with Crippen LogP contribution in [0.25, 0.3) is 0 Å². The number of likely N-dealkylation sites (N-methyl/N-ethyl adjacent to an activating group) is 2. The second-order valence-corrected chi connectivity index (χ2v) is 24.9. The molecule has 2 bridgehead atoms. The van der Waals surface area contributed by atoms with Gasteiger partial charge < -0.3 is 95.8 Å². The van der Waals surface area contributed by atoms with Crippen molar-refractivity contribution in [3.8, 4) is 0 Å². The molecule has 24 nitrogen and oxygen atoms in total. The highest BCUT2D eigenvalue weighted by Gasteiger charge is 2.51. The molecule has 91 heavy (non-hydrogen) atoms. The number of cyclic esters (lactones) is 1. The number of anilines is 1. The van der Waals surface area contributed by atoms with Crippen molar-refractivity contribution in [2.45, 2.75) is 195 Å². The fourth-order valence-corrected chi connectivity index (χ4v) is 11.3. The molecule has 2 amide bonds. The lowest BCUT2D eigenvalue weighted by atomic mass is 9.82. The van der Waals surface area contributed by atoms with Crippen molar-refractivity contribution in [2.24, 2.45) is 17.8 Å². The number of amides is 2. The normalized spacial score (nSPS) is 34.9. The molecule has 3 heterocycles. The summed E-state index contributed by atoms with van der Waals surface area (Å²) in [6.45, 7) is 5.81. The third kappa shape index (κ3) is 28.6. The average Bonchev–Trinajstić information content (AvgIpc) is 0.818. The molecule has 24 heteroatoms. The Morgan fingerprint density at radius 1 is 0.703 bits per heavy atom. The number of nitrogens with one attached hydrogen (secondary N) is 3. The molecule has 0 radical (unpaired) electrons. The Hall–Kier alpha value is -5.65. The molecule has 3 aliphatic rings. The van der Waals surface area contributed by atoms with Gasteiger partial charge >= 0.3 is 5.97 Å². The quantitative estimate of drug-likeness (QED) is 0.0784. The van der Waals surface area contributed by atoms with Crippen LogP contribution < -0.4 is 16.0 Å². The van der Waals surface area contributed by atoms with Crippen molar-refractivity contribution in [1.29, 1.82) is 0 Å². The number of ketones is 2. The van der Waals surface area contributed by atoms with Crippen LogP contribution in [0.15, 0.2) is 109 Å². The van der Waals surface area contributed by atoms with E-state index in [1.165, 1.54) is 6.92 Å². The molecule has 2 fully saturated rings. The lowest BCUT2D eigenvalue weighted by Crippen LogP contribution is -2.64. The highest BCUT2D eigenvalue weighted by atomic mass is 16.7. The summed E-state index contributed by atoms with van der Waals surface area (Å²) in [5.41, 5.74) is 1.30. The minimum absolute atomic E-state index is 0.0513. The van der Waals surface area contributed by atoms with Crippen LogP contribution in [0.4, 0.5) is 5.69 Å². The van der Waals surface area contributed by atoms with Gasteiger partial charge in [0.1, 0.15) is 24.1 Å². The smallest absolute Gasteiger partial charge is 0.308 e. The summed E-state index contributed by atoms with van der Waals surface area (Å²) in [6.07, 6.45) is 2.19. The average molecular weight is 1280 g/mol. The van der Waals surface area contributed by atoms with Crippen LogP contribution in [0.5, 0.6) is 0 Å². The van der Waals surface area contributed by atoms with Crippen molar-refractivity contribution in [1.82, 2.24) is 20.4 Å². The van der Waals surface area contributed by atoms with Crippen LogP contribution in [0.2, 0.25) is 0 Å². The number of hydrogen-bond acceptors (Lipinski definition) is 22. The number of hydrogen-bond donors (Lipinski definition) is 13. The number of allylic oxidation sites excluding steroid dienone is 12. The largest absolute Gasteiger partial charge is 0.461 e. The summed E-state index contributed by atoms with van der Waals surface area (Å²) in [4.78, 5) is 69.8. The van der Waals surface area contributed by atoms with Crippen molar-refractivity contribution in [3.05, 3.63) is 115 Å². The zero-order valence-corrected chi connectivity index (χ0v) is 53.9. The number of aliphatic hydroxyl groups is 10. The van der Waals surface area contributed by atoms with E-state index in [-0.39, 0.29) is 50.0 Å². The lowest BCUT2D eigenvalue weighted by Gasteiger charge is -2.46. The third-order valence-electron chi connectivity index (χ3n) is 16.0. The van der Waals surface area contributed by atoms with E-state index in [0.717, 1.165) is 5.69 Å². The number of rotatable bonds is 17. The van der Waals surface area contributed by atoms with E-state index in [1.54, 1.807) is 129 Å². The number of benzene rings is 1. The Bertz CT molecular complexity index is 2610. The molecular formula is C67H103N5O19. The van der Waals surface area contributed by atoms with Gasteiger partial charge in [0, 0.05) is 75.8 Å². The van der Waals surface area contributed by atoms with Gasteiger partial charge in [0.15, 0.2) is 17.9 Å². The monoisotopic (exact) mass is 1280 g/mol. The van der Waals surface area contributed by atoms with Crippen molar-refractivity contribution in [2.75, 3.05) is 60.2 Å². The van der Waals surface area contributed by atoms with E-state index in [1.807, 2.05) is 38.9 Å². The number of carbonyl (C=O) groups excluding carboxylic acids is 5. The fraction of sp³-hybridized carbons (Fsp3) is 0.627. The zero-order valence-electron chi connectivity index (χ0n) is 53.9. The van der Waals surface area contributed by atoms with Gasteiger partial charge in [0.25, 0.3) is 0 Å². The van der Waals surface area contributed by atoms with E-state index in [0.29, 0.717) is 18.5 Å². The minimum Gasteiger partial charge on any atom is -0.461 e. The van der Waals surface area contributed by atoms with Gasteiger partial charge in [0.05, 0.1) is 86.0 Å². The zero-order chi connectivity index (χ0) is 67.4. The number of fused-ring (bicyclic) bond motifs is 2.